The lowest BCUT2D eigenvalue weighted by Gasteiger charge is -2.31. The molecule has 1 aliphatic heterocycles. The zero-order chi connectivity index (χ0) is 21.5. The Balaban J connectivity index is 1.41. The summed E-state index contributed by atoms with van der Waals surface area (Å²) in [5.41, 5.74) is 2.41. The predicted molar refractivity (Wildman–Crippen MR) is 114 cm³/mol. The van der Waals surface area contributed by atoms with Gasteiger partial charge in [-0.1, -0.05) is 24.3 Å². The highest BCUT2D eigenvalue weighted by Crippen LogP contribution is 2.20. The van der Waals surface area contributed by atoms with E-state index in [1.807, 2.05) is 35.2 Å². The SMILES string of the molecule is COc1cccc(CCC(=O)N2CCC(C(=O)NCc3ccc(C)c(F)c3)CC2)c1. The molecule has 0 spiro atoms. The monoisotopic (exact) mass is 412 g/mol. The van der Waals surface area contributed by atoms with Crippen LogP contribution in [0.25, 0.3) is 0 Å². The highest BCUT2D eigenvalue weighted by atomic mass is 19.1. The molecule has 1 saturated heterocycles. The first kappa shape index (κ1) is 21.8. The smallest absolute Gasteiger partial charge is 0.223 e. The Morgan fingerprint density at radius 2 is 1.90 bits per heavy atom. The number of benzene rings is 2. The van der Waals surface area contributed by atoms with Crippen LogP contribution in [0, 0.1) is 18.7 Å². The molecule has 2 amide bonds. The van der Waals surface area contributed by atoms with Crippen LogP contribution in [0.5, 0.6) is 5.75 Å². The van der Waals surface area contributed by atoms with Crippen LogP contribution in [0.1, 0.15) is 36.0 Å². The minimum atomic E-state index is -0.262. The maximum atomic E-state index is 13.6. The average Bonchev–Trinajstić information content (AvgIpc) is 2.78. The first-order chi connectivity index (χ1) is 14.5. The number of carbonyl (C=O) groups excluding carboxylic acids is 2. The largest absolute Gasteiger partial charge is 0.497 e. The Kier molecular flexibility index (Phi) is 7.44. The summed E-state index contributed by atoms with van der Waals surface area (Å²) in [6.07, 6.45) is 2.42. The molecule has 6 heteroatoms. The Hall–Kier alpha value is -2.89. The lowest BCUT2D eigenvalue weighted by Crippen LogP contribution is -2.43. The minimum absolute atomic E-state index is 0.0283. The molecule has 3 rings (SSSR count). The molecule has 0 aliphatic carbocycles. The number of piperidine rings is 1. The van der Waals surface area contributed by atoms with Crippen LogP contribution in [0.15, 0.2) is 42.5 Å². The third kappa shape index (κ3) is 5.81. The molecule has 2 aromatic carbocycles. The number of rotatable bonds is 7. The topological polar surface area (TPSA) is 58.6 Å². The summed E-state index contributed by atoms with van der Waals surface area (Å²) in [6.45, 7) is 3.21. The first-order valence-electron chi connectivity index (χ1n) is 10.4. The fourth-order valence-corrected chi connectivity index (χ4v) is 3.71. The Morgan fingerprint density at radius 3 is 2.60 bits per heavy atom. The van der Waals surface area contributed by atoms with E-state index in [-0.39, 0.29) is 23.5 Å². The number of methoxy groups -OCH3 is 1. The molecule has 2 aromatic rings. The van der Waals surface area contributed by atoms with E-state index < -0.39 is 0 Å². The van der Waals surface area contributed by atoms with Crippen molar-refractivity contribution in [3.05, 3.63) is 65.0 Å². The van der Waals surface area contributed by atoms with Gasteiger partial charge in [-0.25, -0.2) is 4.39 Å². The zero-order valence-corrected chi connectivity index (χ0v) is 17.6. The number of halogens is 1. The number of amides is 2. The maximum Gasteiger partial charge on any atom is 0.223 e. The van der Waals surface area contributed by atoms with E-state index in [2.05, 4.69) is 5.32 Å². The Labute approximate surface area is 177 Å². The van der Waals surface area contributed by atoms with Crippen molar-refractivity contribution in [3.63, 3.8) is 0 Å². The van der Waals surface area contributed by atoms with E-state index in [0.29, 0.717) is 50.9 Å². The molecule has 5 nitrogen and oxygen atoms in total. The van der Waals surface area contributed by atoms with E-state index in [4.69, 9.17) is 4.74 Å². The fourth-order valence-electron chi connectivity index (χ4n) is 3.71. The lowest BCUT2D eigenvalue weighted by molar-refractivity contribution is -0.135. The van der Waals surface area contributed by atoms with Crippen LogP contribution in [0.4, 0.5) is 4.39 Å². The Morgan fingerprint density at radius 1 is 1.13 bits per heavy atom. The van der Waals surface area contributed by atoms with Gasteiger partial charge in [-0.3, -0.25) is 9.59 Å². The molecule has 0 atom stereocenters. The average molecular weight is 413 g/mol. The molecule has 0 radical (unpaired) electrons. The van der Waals surface area contributed by atoms with Crippen LogP contribution < -0.4 is 10.1 Å². The quantitative estimate of drug-likeness (QED) is 0.756. The van der Waals surface area contributed by atoms with Gasteiger partial charge in [0.05, 0.1) is 7.11 Å². The van der Waals surface area contributed by atoms with Gasteiger partial charge in [0.15, 0.2) is 0 Å². The molecule has 1 fully saturated rings. The number of hydrogen-bond acceptors (Lipinski definition) is 3. The van der Waals surface area contributed by atoms with Gasteiger partial charge in [-0.2, -0.15) is 0 Å². The third-order valence-corrected chi connectivity index (χ3v) is 5.68. The van der Waals surface area contributed by atoms with E-state index in [1.165, 1.54) is 6.07 Å². The molecule has 0 unspecified atom stereocenters. The molecule has 1 N–H and O–H groups in total. The summed E-state index contributed by atoms with van der Waals surface area (Å²) in [7, 11) is 1.63. The molecule has 1 heterocycles. The number of likely N-dealkylation sites (tertiary alicyclic amines) is 1. The molecule has 0 aromatic heterocycles. The van der Waals surface area contributed by atoms with Crippen LogP contribution in [0.3, 0.4) is 0 Å². The number of aryl methyl sites for hydroxylation is 2. The summed E-state index contributed by atoms with van der Waals surface area (Å²) in [5, 5.41) is 2.90. The second-order valence-electron chi connectivity index (χ2n) is 7.81. The summed E-state index contributed by atoms with van der Waals surface area (Å²) < 4.78 is 18.8. The van der Waals surface area contributed by atoms with Gasteiger partial charge in [-0.15, -0.1) is 0 Å². The van der Waals surface area contributed by atoms with Crippen LogP contribution in [-0.4, -0.2) is 36.9 Å². The van der Waals surface area contributed by atoms with Crippen molar-refractivity contribution in [3.8, 4) is 5.75 Å². The van der Waals surface area contributed by atoms with Crippen molar-refractivity contribution in [1.29, 1.82) is 0 Å². The highest BCUT2D eigenvalue weighted by molar-refractivity contribution is 5.80. The van der Waals surface area contributed by atoms with E-state index >= 15 is 0 Å². The summed E-state index contributed by atoms with van der Waals surface area (Å²) in [6, 6.07) is 12.7. The maximum absolute atomic E-state index is 13.6. The van der Waals surface area contributed by atoms with E-state index in [9.17, 15) is 14.0 Å². The number of carbonyl (C=O) groups is 2. The van der Waals surface area contributed by atoms with Gasteiger partial charge in [0.25, 0.3) is 0 Å². The van der Waals surface area contributed by atoms with Gasteiger partial charge >= 0.3 is 0 Å². The molecule has 1 aliphatic rings. The third-order valence-electron chi connectivity index (χ3n) is 5.68. The minimum Gasteiger partial charge on any atom is -0.497 e. The van der Waals surface area contributed by atoms with Crippen molar-refractivity contribution in [2.75, 3.05) is 20.2 Å². The lowest BCUT2D eigenvalue weighted by atomic mass is 9.95. The van der Waals surface area contributed by atoms with Crippen molar-refractivity contribution < 1.29 is 18.7 Å². The molecule has 0 bridgehead atoms. The van der Waals surface area contributed by atoms with Crippen LogP contribution >= 0.6 is 0 Å². The van der Waals surface area contributed by atoms with Gasteiger partial charge in [0.2, 0.25) is 11.8 Å². The normalized spacial score (nSPS) is 14.4. The van der Waals surface area contributed by atoms with Crippen LogP contribution in [0.2, 0.25) is 0 Å². The van der Waals surface area contributed by atoms with Crippen molar-refractivity contribution >= 4 is 11.8 Å². The summed E-state index contributed by atoms with van der Waals surface area (Å²) in [5.74, 6) is 0.511. The van der Waals surface area contributed by atoms with Crippen LogP contribution in [-0.2, 0) is 22.6 Å². The number of ether oxygens (including phenoxy) is 1. The van der Waals surface area contributed by atoms with Crippen molar-refractivity contribution in [2.45, 2.75) is 39.2 Å². The van der Waals surface area contributed by atoms with E-state index in [0.717, 1.165) is 16.9 Å². The number of nitrogens with one attached hydrogen (secondary N) is 1. The van der Waals surface area contributed by atoms with E-state index in [1.54, 1.807) is 20.1 Å². The first-order valence-corrected chi connectivity index (χ1v) is 10.4. The highest BCUT2D eigenvalue weighted by Gasteiger charge is 2.27. The number of hydrogen-bond donors (Lipinski definition) is 1. The van der Waals surface area contributed by atoms with Gasteiger partial charge in [0.1, 0.15) is 11.6 Å². The predicted octanol–water partition coefficient (Wildman–Crippen LogP) is 3.63. The van der Waals surface area contributed by atoms with Gasteiger partial charge in [0, 0.05) is 32.0 Å². The summed E-state index contributed by atoms with van der Waals surface area (Å²) in [4.78, 5) is 26.8. The molecule has 0 saturated carbocycles. The summed E-state index contributed by atoms with van der Waals surface area (Å²) >= 11 is 0. The Bertz CT molecular complexity index is 892. The van der Waals surface area contributed by atoms with Crippen molar-refractivity contribution in [2.24, 2.45) is 5.92 Å². The second-order valence-corrected chi connectivity index (χ2v) is 7.81. The molecular weight excluding hydrogens is 383 g/mol. The fraction of sp³-hybridized carbons (Fsp3) is 0.417. The zero-order valence-electron chi connectivity index (χ0n) is 17.6. The molecular formula is C24H29FN2O3. The standard InChI is InChI=1S/C24H29FN2O3/c1-17-6-7-19(15-22(17)25)16-26-24(29)20-10-12-27(13-11-20)23(28)9-8-18-4-3-5-21(14-18)30-2/h3-7,14-15,20H,8-13,16H2,1-2H3,(H,26,29). The molecule has 160 valence electrons. The second kappa shape index (κ2) is 10.2. The van der Waals surface area contributed by atoms with Crippen molar-refractivity contribution in [1.82, 2.24) is 10.2 Å². The van der Waals surface area contributed by atoms with Gasteiger partial charge in [-0.05, 0) is 61.1 Å². The molecule has 30 heavy (non-hydrogen) atoms. The van der Waals surface area contributed by atoms with Gasteiger partial charge < -0.3 is 15.0 Å². The number of nitrogens with zero attached hydrogens (tertiary/aromatic N) is 1.